The lowest BCUT2D eigenvalue weighted by Gasteiger charge is -2.41. The van der Waals surface area contributed by atoms with Gasteiger partial charge in [0.25, 0.3) is 0 Å². The summed E-state index contributed by atoms with van der Waals surface area (Å²) in [5.41, 5.74) is 2.58. The highest BCUT2D eigenvalue weighted by Gasteiger charge is 2.33. The number of likely N-dealkylation sites (tertiary alicyclic amines) is 1. The van der Waals surface area contributed by atoms with Crippen molar-refractivity contribution in [2.24, 2.45) is 5.41 Å². The van der Waals surface area contributed by atoms with Gasteiger partial charge in [-0.15, -0.1) is 0 Å². The van der Waals surface area contributed by atoms with Crippen molar-refractivity contribution in [3.05, 3.63) is 53.6 Å². The summed E-state index contributed by atoms with van der Waals surface area (Å²) in [7, 11) is 4.91. The van der Waals surface area contributed by atoms with Crippen molar-refractivity contribution in [1.29, 1.82) is 0 Å². The fraction of sp³-hybridized carbons (Fsp3) is 0.520. The van der Waals surface area contributed by atoms with E-state index in [0.29, 0.717) is 17.2 Å². The van der Waals surface area contributed by atoms with Crippen LogP contribution >= 0.6 is 0 Å². The van der Waals surface area contributed by atoms with Crippen LogP contribution < -0.4 is 14.2 Å². The third kappa shape index (κ3) is 5.46. The summed E-state index contributed by atoms with van der Waals surface area (Å²) in [6, 6.07) is 14.7. The van der Waals surface area contributed by atoms with Crippen LogP contribution in [0.5, 0.6) is 17.2 Å². The van der Waals surface area contributed by atoms with Crippen LogP contribution in [0.15, 0.2) is 42.5 Å². The summed E-state index contributed by atoms with van der Waals surface area (Å²) < 4.78 is 16.4. The van der Waals surface area contributed by atoms with Gasteiger partial charge in [0.05, 0.1) is 21.3 Å². The van der Waals surface area contributed by atoms with Gasteiger partial charge in [-0.25, -0.2) is 0 Å². The summed E-state index contributed by atoms with van der Waals surface area (Å²) >= 11 is 0. The Kier molecular flexibility index (Phi) is 8.00. The van der Waals surface area contributed by atoms with E-state index in [1.54, 1.807) is 21.3 Å². The van der Waals surface area contributed by atoms with Crippen molar-refractivity contribution < 1.29 is 19.3 Å². The van der Waals surface area contributed by atoms with E-state index in [-0.39, 0.29) is 12.0 Å². The molecule has 0 spiro atoms. The Morgan fingerprint density at radius 3 is 2.07 bits per heavy atom. The van der Waals surface area contributed by atoms with Gasteiger partial charge >= 0.3 is 0 Å². The maximum atomic E-state index is 10.1. The van der Waals surface area contributed by atoms with E-state index >= 15 is 0 Å². The lowest BCUT2D eigenvalue weighted by molar-refractivity contribution is 0.0329. The first-order valence-corrected chi connectivity index (χ1v) is 10.8. The number of methoxy groups -OCH3 is 3. The minimum atomic E-state index is 0.0561. The third-order valence-corrected chi connectivity index (χ3v) is 6.40. The zero-order chi connectivity index (χ0) is 21.4. The second kappa shape index (κ2) is 10.7. The molecule has 1 fully saturated rings. The second-order valence-corrected chi connectivity index (χ2v) is 8.31. The van der Waals surface area contributed by atoms with Gasteiger partial charge in [0.15, 0.2) is 11.5 Å². The predicted molar refractivity (Wildman–Crippen MR) is 120 cm³/mol. The number of aryl methyl sites for hydroxylation is 1. The van der Waals surface area contributed by atoms with Crippen molar-refractivity contribution in [1.82, 2.24) is 4.90 Å². The van der Waals surface area contributed by atoms with E-state index in [4.69, 9.17) is 14.2 Å². The molecule has 5 heteroatoms. The Bertz CT molecular complexity index is 760. The van der Waals surface area contributed by atoms with Crippen LogP contribution in [0.2, 0.25) is 0 Å². The summed E-state index contributed by atoms with van der Waals surface area (Å²) in [5, 5.41) is 10.1. The van der Waals surface area contributed by atoms with Crippen LogP contribution in [0.25, 0.3) is 0 Å². The van der Waals surface area contributed by atoms with E-state index in [0.717, 1.165) is 57.3 Å². The Labute approximate surface area is 180 Å². The number of hydrogen-bond acceptors (Lipinski definition) is 5. The van der Waals surface area contributed by atoms with Crippen LogP contribution in [-0.2, 0) is 13.0 Å². The van der Waals surface area contributed by atoms with E-state index < -0.39 is 0 Å². The van der Waals surface area contributed by atoms with Crippen LogP contribution in [0.4, 0.5) is 0 Å². The number of piperidine rings is 1. The molecule has 1 aliphatic heterocycles. The molecule has 1 heterocycles. The van der Waals surface area contributed by atoms with E-state index in [2.05, 4.69) is 35.2 Å². The van der Waals surface area contributed by atoms with E-state index in [1.807, 2.05) is 12.1 Å². The molecule has 0 unspecified atom stereocenters. The average molecular weight is 414 g/mol. The Balaban J connectivity index is 1.56. The molecule has 164 valence electrons. The summed E-state index contributed by atoms with van der Waals surface area (Å²) in [6.45, 7) is 3.09. The number of aliphatic hydroxyl groups excluding tert-OH is 1. The zero-order valence-electron chi connectivity index (χ0n) is 18.5. The van der Waals surface area contributed by atoms with Gasteiger partial charge in [-0.2, -0.15) is 0 Å². The smallest absolute Gasteiger partial charge is 0.203 e. The highest BCUT2D eigenvalue weighted by molar-refractivity contribution is 5.53. The van der Waals surface area contributed by atoms with Gasteiger partial charge in [-0.3, -0.25) is 4.90 Å². The van der Waals surface area contributed by atoms with Gasteiger partial charge in [-0.1, -0.05) is 30.3 Å². The van der Waals surface area contributed by atoms with Crippen molar-refractivity contribution in [2.75, 3.05) is 41.0 Å². The molecule has 0 bridgehead atoms. The molecule has 0 radical (unpaired) electrons. The number of ether oxygens (including phenoxy) is 3. The molecule has 0 saturated carbocycles. The topological polar surface area (TPSA) is 51.2 Å². The molecule has 2 aromatic carbocycles. The Hall–Kier alpha value is -2.24. The van der Waals surface area contributed by atoms with Crippen molar-refractivity contribution >= 4 is 0 Å². The molecule has 0 aromatic heterocycles. The minimum absolute atomic E-state index is 0.0561. The van der Waals surface area contributed by atoms with E-state index in [1.165, 1.54) is 5.56 Å². The maximum Gasteiger partial charge on any atom is 0.203 e. The standard InChI is InChI=1S/C25H35NO4/c1-28-22-16-21(17-23(29-2)24(22)30-3)18-26-14-12-25(19-27,13-15-26)11-7-10-20-8-5-4-6-9-20/h4-6,8-9,16-17,27H,7,10-15,18-19H2,1-3H3. The minimum Gasteiger partial charge on any atom is -0.493 e. The second-order valence-electron chi connectivity index (χ2n) is 8.31. The number of rotatable bonds is 10. The molecular weight excluding hydrogens is 378 g/mol. The fourth-order valence-corrected chi connectivity index (χ4v) is 4.47. The van der Waals surface area contributed by atoms with Gasteiger partial charge in [0.2, 0.25) is 5.75 Å². The van der Waals surface area contributed by atoms with Gasteiger partial charge in [0.1, 0.15) is 0 Å². The predicted octanol–water partition coefficient (Wildman–Crippen LogP) is 4.31. The molecule has 1 aliphatic rings. The molecular formula is C25H35NO4. The number of hydrogen-bond donors (Lipinski definition) is 1. The molecule has 1 N–H and O–H groups in total. The summed E-state index contributed by atoms with van der Waals surface area (Å²) in [6.07, 6.45) is 5.34. The number of benzene rings is 2. The lowest BCUT2D eigenvalue weighted by atomic mass is 9.75. The van der Waals surface area contributed by atoms with Crippen molar-refractivity contribution in [3.63, 3.8) is 0 Å². The van der Waals surface area contributed by atoms with Crippen LogP contribution in [0.3, 0.4) is 0 Å². The van der Waals surface area contributed by atoms with Gasteiger partial charge in [-0.05, 0) is 73.9 Å². The molecule has 0 atom stereocenters. The normalized spacial score (nSPS) is 16.3. The SMILES string of the molecule is COc1cc(CN2CCC(CO)(CCCc3ccccc3)CC2)cc(OC)c1OC. The average Bonchev–Trinajstić information content (AvgIpc) is 2.80. The van der Waals surface area contributed by atoms with Gasteiger partial charge in [0, 0.05) is 13.2 Å². The summed E-state index contributed by atoms with van der Waals surface area (Å²) in [5.74, 6) is 2.00. The largest absolute Gasteiger partial charge is 0.493 e. The Morgan fingerprint density at radius 2 is 1.53 bits per heavy atom. The molecule has 5 nitrogen and oxygen atoms in total. The van der Waals surface area contributed by atoms with Crippen LogP contribution in [0.1, 0.15) is 36.8 Å². The van der Waals surface area contributed by atoms with Crippen LogP contribution in [-0.4, -0.2) is 51.0 Å². The lowest BCUT2D eigenvalue weighted by Crippen LogP contribution is -2.41. The summed E-state index contributed by atoms with van der Waals surface area (Å²) in [4.78, 5) is 2.45. The highest BCUT2D eigenvalue weighted by Crippen LogP contribution is 2.40. The van der Waals surface area contributed by atoms with Gasteiger partial charge < -0.3 is 19.3 Å². The molecule has 1 saturated heterocycles. The first kappa shape index (κ1) is 22.4. The Morgan fingerprint density at radius 1 is 0.900 bits per heavy atom. The molecule has 0 amide bonds. The number of aliphatic hydroxyl groups is 1. The number of nitrogens with zero attached hydrogens (tertiary/aromatic N) is 1. The maximum absolute atomic E-state index is 10.1. The van der Waals surface area contributed by atoms with Crippen LogP contribution in [0, 0.1) is 5.41 Å². The molecule has 3 rings (SSSR count). The van der Waals surface area contributed by atoms with Crippen molar-refractivity contribution in [3.8, 4) is 17.2 Å². The first-order chi connectivity index (χ1) is 14.6. The van der Waals surface area contributed by atoms with Crippen molar-refractivity contribution in [2.45, 2.75) is 38.6 Å². The first-order valence-electron chi connectivity index (χ1n) is 10.8. The highest BCUT2D eigenvalue weighted by atomic mass is 16.5. The third-order valence-electron chi connectivity index (χ3n) is 6.40. The zero-order valence-corrected chi connectivity index (χ0v) is 18.5. The quantitative estimate of drug-likeness (QED) is 0.629. The molecule has 30 heavy (non-hydrogen) atoms. The van der Waals surface area contributed by atoms with E-state index in [9.17, 15) is 5.11 Å². The monoisotopic (exact) mass is 413 g/mol. The fourth-order valence-electron chi connectivity index (χ4n) is 4.47. The molecule has 2 aromatic rings. The molecule has 0 aliphatic carbocycles.